The van der Waals surface area contributed by atoms with Crippen LogP contribution in [-0.2, 0) is 0 Å². The number of aromatic nitrogens is 1. The van der Waals surface area contributed by atoms with E-state index in [0.29, 0.717) is 15.9 Å². The molecule has 1 aromatic carbocycles. The molecule has 0 saturated carbocycles. The molecular formula is C11H7BrClFN2O. The monoisotopic (exact) mass is 316 g/mol. The summed E-state index contributed by atoms with van der Waals surface area (Å²) >= 11 is 8.76. The van der Waals surface area contributed by atoms with Crippen molar-refractivity contribution in [3.05, 3.63) is 45.8 Å². The second-order valence-electron chi connectivity index (χ2n) is 3.21. The molecule has 0 radical (unpaired) electrons. The lowest BCUT2D eigenvalue weighted by molar-refractivity contribution is 0.460. The highest BCUT2D eigenvalue weighted by atomic mass is 79.9. The van der Waals surface area contributed by atoms with Gasteiger partial charge in [0.2, 0.25) is 5.88 Å². The van der Waals surface area contributed by atoms with Gasteiger partial charge in [-0.2, -0.15) is 4.98 Å². The Bertz CT molecular complexity index is 565. The number of halogens is 3. The van der Waals surface area contributed by atoms with E-state index in [0.717, 1.165) is 0 Å². The van der Waals surface area contributed by atoms with Crippen molar-refractivity contribution < 1.29 is 9.13 Å². The Morgan fingerprint density at radius 2 is 2.06 bits per heavy atom. The average molecular weight is 318 g/mol. The van der Waals surface area contributed by atoms with Crippen LogP contribution < -0.4 is 10.5 Å². The third-order valence-corrected chi connectivity index (χ3v) is 2.81. The van der Waals surface area contributed by atoms with Crippen LogP contribution in [0, 0.1) is 5.82 Å². The van der Waals surface area contributed by atoms with E-state index in [4.69, 9.17) is 22.1 Å². The summed E-state index contributed by atoms with van der Waals surface area (Å²) in [6.07, 6.45) is 0. The van der Waals surface area contributed by atoms with Crippen LogP contribution in [0.3, 0.4) is 0 Å². The van der Waals surface area contributed by atoms with Gasteiger partial charge in [-0.15, -0.1) is 0 Å². The smallest absolute Gasteiger partial charge is 0.244 e. The van der Waals surface area contributed by atoms with E-state index in [9.17, 15) is 4.39 Å². The predicted octanol–water partition coefficient (Wildman–Crippen LogP) is 4.01. The zero-order valence-corrected chi connectivity index (χ0v) is 10.8. The first kappa shape index (κ1) is 12.1. The predicted molar refractivity (Wildman–Crippen MR) is 67.8 cm³/mol. The zero-order valence-electron chi connectivity index (χ0n) is 8.45. The van der Waals surface area contributed by atoms with Crippen LogP contribution in [-0.4, -0.2) is 4.98 Å². The van der Waals surface area contributed by atoms with E-state index in [2.05, 4.69) is 20.9 Å². The lowest BCUT2D eigenvalue weighted by atomic mass is 10.3. The van der Waals surface area contributed by atoms with Gasteiger partial charge in [0.1, 0.15) is 16.7 Å². The molecule has 0 amide bonds. The molecule has 2 N–H and O–H groups in total. The highest BCUT2D eigenvalue weighted by Crippen LogP contribution is 2.28. The summed E-state index contributed by atoms with van der Waals surface area (Å²) in [5.41, 5.74) is 5.99. The van der Waals surface area contributed by atoms with Gasteiger partial charge in [0, 0.05) is 6.07 Å². The molecule has 0 fully saturated rings. The van der Waals surface area contributed by atoms with Gasteiger partial charge >= 0.3 is 0 Å². The van der Waals surface area contributed by atoms with E-state index >= 15 is 0 Å². The highest BCUT2D eigenvalue weighted by molar-refractivity contribution is 9.10. The second kappa shape index (κ2) is 4.89. The summed E-state index contributed by atoms with van der Waals surface area (Å²) in [7, 11) is 0. The van der Waals surface area contributed by atoms with Crippen LogP contribution in [0.25, 0.3) is 0 Å². The van der Waals surface area contributed by atoms with Gasteiger partial charge in [0.25, 0.3) is 0 Å². The number of benzene rings is 1. The molecule has 0 saturated heterocycles. The Hall–Kier alpha value is -1.33. The van der Waals surface area contributed by atoms with Gasteiger partial charge in [0.05, 0.1) is 10.2 Å². The fourth-order valence-corrected chi connectivity index (χ4v) is 1.55. The highest BCUT2D eigenvalue weighted by Gasteiger charge is 2.07. The first-order valence-corrected chi connectivity index (χ1v) is 5.78. The molecule has 17 heavy (non-hydrogen) atoms. The van der Waals surface area contributed by atoms with E-state index in [-0.39, 0.29) is 11.0 Å². The molecule has 2 aromatic rings. The van der Waals surface area contributed by atoms with Crippen molar-refractivity contribution in [2.24, 2.45) is 0 Å². The summed E-state index contributed by atoms with van der Waals surface area (Å²) < 4.78 is 19.0. The number of nitrogens with zero attached hydrogens (tertiary/aromatic N) is 1. The molecule has 6 heteroatoms. The van der Waals surface area contributed by atoms with Crippen molar-refractivity contribution in [2.45, 2.75) is 0 Å². The van der Waals surface area contributed by atoms with Gasteiger partial charge in [-0.3, -0.25) is 0 Å². The number of ether oxygens (including phenoxy) is 1. The number of anilines is 1. The Morgan fingerprint density at radius 1 is 1.29 bits per heavy atom. The average Bonchev–Trinajstić information content (AvgIpc) is 2.29. The van der Waals surface area contributed by atoms with Crippen molar-refractivity contribution in [3.63, 3.8) is 0 Å². The molecule has 0 bridgehead atoms. The molecule has 1 aromatic heterocycles. The number of nitrogen functional groups attached to an aromatic ring is 1. The van der Waals surface area contributed by atoms with E-state index in [1.54, 1.807) is 18.2 Å². The second-order valence-corrected chi connectivity index (χ2v) is 4.45. The summed E-state index contributed by atoms with van der Waals surface area (Å²) in [5.74, 6) is 0.0227. The number of rotatable bonds is 2. The molecule has 88 valence electrons. The third-order valence-electron chi connectivity index (χ3n) is 1.96. The van der Waals surface area contributed by atoms with Crippen molar-refractivity contribution in [1.82, 2.24) is 4.98 Å². The van der Waals surface area contributed by atoms with E-state index in [1.165, 1.54) is 12.1 Å². The lowest BCUT2D eigenvalue weighted by Crippen LogP contribution is -1.95. The Balaban J connectivity index is 2.31. The molecule has 3 nitrogen and oxygen atoms in total. The van der Waals surface area contributed by atoms with Crippen LogP contribution in [0.15, 0.2) is 34.8 Å². The van der Waals surface area contributed by atoms with Gasteiger partial charge in [-0.1, -0.05) is 11.6 Å². The van der Waals surface area contributed by atoms with Crippen molar-refractivity contribution >= 4 is 33.2 Å². The van der Waals surface area contributed by atoms with Crippen LogP contribution >= 0.6 is 27.5 Å². The minimum atomic E-state index is -0.428. The first-order valence-electron chi connectivity index (χ1n) is 4.61. The van der Waals surface area contributed by atoms with Crippen LogP contribution in [0.5, 0.6) is 11.6 Å². The number of hydrogen-bond donors (Lipinski definition) is 1. The molecule has 2 rings (SSSR count). The molecule has 1 heterocycles. The maximum Gasteiger partial charge on any atom is 0.244 e. The summed E-state index contributed by atoms with van der Waals surface area (Å²) in [6.45, 7) is 0. The number of pyridine rings is 1. The zero-order chi connectivity index (χ0) is 12.4. The first-order chi connectivity index (χ1) is 8.06. The van der Waals surface area contributed by atoms with E-state index < -0.39 is 5.82 Å². The van der Waals surface area contributed by atoms with Gasteiger partial charge < -0.3 is 10.5 Å². The molecule has 0 spiro atoms. The topological polar surface area (TPSA) is 48.1 Å². The Labute approximate surface area is 110 Å². The third kappa shape index (κ3) is 2.87. The Morgan fingerprint density at radius 3 is 2.76 bits per heavy atom. The fourth-order valence-electron chi connectivity index (χ4n) is 1.16. The molecule has 0 aliphatic carbocycles. The Kier molecular flexibility index (Phi) is 3.49. The SMILES string of the molecule is Nc1ccc(Cl)nc1Oc1ccc(Br)c(F)c1. The minimum absolute atomic E-state index is 0.152. The lowest BCUT2D eigenvalue weighted by Gasteiger charge is -2.07. The largest absolute Gasteiger partial charge is 0.437 e. The minimum Gasteiger partial charge on any atom is -0.437 e. The van der Waals surface area contributed by atoms with Crippen molar-refractivity contribution in [2.75, 3.05) is 5.73 Å². The van der Waals surface area contributed by atoms with Crippen molar-refractivity contribution in [3.8, 4) is 11.6 Å². The van der Waals surface area contributed by atoms with E-state index in [1.807, 2.05) is 0 Å². The van der Waals surface area contributed by atoms with Gasteiger partial charge in [0.15, 0.2) is 0 Å². The summed E-state index contributed by atoms with van der Waals surface area (Å²) in [4.78, 5) is 3.90. The fraction of sp³-hybridized carbons (Fsp3) is 0. The maximum absolute atomic E-state index is 13.3. The van der Waals surface area contributed by atoms with Crippen molar-refractivity contribution in [1.29, 1.82) is 0 Å². The number of nitrogens with two attached hydrogens (primary N) is 1. The van der Waals surface area contributed by atoms with Gasteiger partial charge in [-0.05, 0) is 40.2 Å². The molecule has 0 aliphatic heterocycles. The van der Waals surface area contributed by atoms with Crippen LogP contribution in [0.2, 0.25) is 5.15 Å². The molecule has 0 aliphatic rings. The van der Waals surface area contributed by atoms with Gasteiger partial charge in [-0.25, -0.2) is 4.39 Å². The summed E-state index contributed by atoms with van der Waals surface area (Å²) in [6, 6.07) is 7.47. The van der Waals surface area contributed by atoms with Crippen LogP contribution in [0.4, 0.5) is 10.1 Å². The molecule has 0 atom stereocenters. The van der Waals surface area contributed by atoms with Crippen LogP contribution in [0.1, 0.15) is 0 Å². The molecule has 0 unspecified atom stereocenters. The maximum atomic E-state index is 13.3. The standard InChI is InChI=1S/C11H7BrClFN2O/c12-7-2-1-6(5-8(7)14)17-11-9(15)3-4-10(13)16-11/h1-5H,15H2. The quantitative estimate of drug-likeness (QED) is 0.851. The number of hydrogen-bond acceptors (Lipinski definition) is 3. The normalized spacial score (nSPS) is 10.3. The molecular weight excluding hydrogens is 310 g/mol. The summed E-state index contributed by atoms with van der Waals surface area (Å²) in [5, 5.41) is 0.256.